The van der Waals surface area contributed by atoms with E-state index in [4.69, 9.17) is 0 Å². The number of aromatic nitrogens is 2. The molecule has 0 atom stereocenters. The van der Waals surface area contributed by atoms with Gasteiger partial charge in [-0.2, -0.15) is 0 Å². The number of rotatable bonds is 5. The first-order valence-electron chi connectivity index (χ1n) is 8.43. The molecule has 3 rings (SSSR count). The lowest BCUT2D eigenvalue weighted by atomic mass is 10.1. The summed E-state index contributed by atoms with van der Waals surface area (Å²) < 4.78 is 0. The highest BCUT2D eigenvalue weighted by Gasteiger charge is 2.13. The number of benzene rings is 1. The van der Waals surface area contributed by atoms with Crippen molar-refractivity contribution in [2.75, 3.05) is 11.9 Å². The maximum atomic E-state index is 12.6. The first-order chi connectivity index (χ1) is 12.5. The van der Waals surface area contributed by atoms with Crippen molar-refractivity contribution in [3.05, 3.63) is 66.1 Å². The second-order valence-corrected chi connectivity index (χ2v) is 6.40. The molecule has 0 fully saturated rings. The third kappa shape index (κ3) is 4.03. The van der Waals surface area contributed by atoms with Gasteiger partial charge in [-0.3, -0.25) is 19.6 Å². The Hall–Kier alpha value is -3.28. The zero-order chi connectivity index (χ0) is 18.5. The fraction of sp³-hybridized carbons (Fsp3) is 0.200. The average Bonchev–Trinajstić information content (AvgIpc) is 2.66. The van der Waals surface area contributed by atoms with E-state index >= 15 is 0 Å². The summed E-state index contributed by atoms with van der Waals surface area (Å²) in [6.45, 7) is 4.60. The number of carbonyl (C=O) groups is 2. The number of para-hydroxylation sites is 1. The van der Waals surface area contributed by atoms with E-state index in [0.29, 0.717) is 34.8 Å². The van der Waals surface area contributed by atoms with Crippen LogP contribution in [0.3, 0.4) is 0 Å². The molecule has 0 unspecified atom stereocenters. The molecule has 132 valence electrons. The van der Waals surface area contributed by atoms with Crippen molar-refractivity contribution in [1.82, 2.24) is 15.3 Å². The maximum Gasteiger partial charge on any atom is 0.257 e. The number of carbonyl (C=O) groups excluding carboxylic acids is 2. The second-order valence-electron chi connectivity index (χ2n) is 6.40. The lowest BCUT2D eigenvalue weighted by molar-refractivity contribution is 0.0948. The molecule has 6 nitrogen and oxygen atoms in total. The molecule has 2 aromatic heterocycles. The van der Waals surface area contributed by atoms with E-state index in [1.807, 2.05) is 38.1 Å². The fourth-order valence-corrected chi connectivity index (χ4v) is 2.49. The van der Waals surface area contributed by atoms with Crippen LogP contribution in [0.5, 0.6) is 0 Å². The van der Waals surface area contributed by atoms with Gasteiger partial charge in [-0.05, 0) is 24.1 Å². The summed E-state index contributed by atoms with van der Waals surface area (Å²) in [6, 6.07) is 10.9. The summed E-state index contributed by atoms with van der Waals surface area (Å²) in [4.78, 5) is 33.1. The van der Waals surface area contributed by atoms with E-state index in [0.717, 1.165) is 5.39 Å². The summed E-state index contributed by atoms with van der Waals surface area (Å²) in [5, 5.41) is 6.60. The van der Waals surface area contributed by atoms with Crippen molar-refractivity contribution in [3.8, 4) is 0 Å². The normalized spacial score (nSPS) is 10.7. The lowest BCUT2D eigenvalue weighted by Crippen LogP contribution is -2.27. The Labute approximate surface area is 151 Å². The van der Waals surface area contributed by atoms with E-state index in [2.05, 4.69) is 20.6 Å². The van der Waals surface area contributed by atoms with E-state index in [-0.39, 0.29) is 11.8 Å². The zero-order valence-corrected chi connectivity index (χ0v) is 14.7. The van der Waals surface area contributed by atoms with Crippen LogP contribution in [-0.4, -0.2) is 28.3 Å². The molecule has 0 saturated carbocycles. The Morgan fingerprint density at radius 3 is 2.54 bits per heavy atom. The Morgan fingerprint density at radius 2 is 1.77 bits per heavy atom. The molecule has 2 N–H and O–H groups in total. The molecule has 0 aliphatic carbocycles. The first-order valence-corrected chi connectivity index (χ1v) is 8.43. The van der Waals surface area contributed by atoms with Crippen LogP contribution in [0, 0.1) is 5.92 Å². The minimum Gasteiger partial charge on any atom is -0.352 e. The van der Waals surface area contributed by atoms with Gasteiger partial charge < -0.3 is 10.6 Å². The van der Waals surface area contributed by atoms with Gasteiger partial charge in [-0.25, -0.2) is 0 Å². The number of amides is 2. The number of nitrogens with zero attached hydrogens (tertiary/aromatic N) is 2. The Kier molecular flexibility index (Phi) is 5.22. The predicted molar refractivity (Wildman–Crippen MR) is 101 cm³/mol. The largest absolute Gasteiger partial charge is 0.352 e. The van der Waals surface area contributed by atoms with Crippen LogP contribution in [0.2, 0.25) is 0 Å². The van der Waals surface area contributed by atoms with E-state index in [1.54, 1.807) is 12.3 Å². The number of fused-ring (bicyclic) bond motifs is 1. The SMILES string of the molecule is CC(C)CNC(=O)c1cncc(C(=O)Nc2cccc3cccnc23)c1. The number of hydrogen-bond acceptors (Lipinski definition) is 4. The van der Waals surface area contributed by atoms with Gasteiger partial charge >= 0.3 is 0 Å². The molecule has 1 aromatic carbocycles. The van der Waals surface area contributed by atoms with Gasteiger partial charge in [0.05, 0.1) is 22.3 Å². The lowest BCUT2D eigenvalue weighted by Gasteiger charge is -2.10. The van der Waals surface area contributed by atoms with Crippen molar-refractivity contribution in [3.63, 3.8) is 0 Å². The molecule has 6 heteroatoms. The molecule has 3 aromatic rings. The van der Waals surface area contributed by atoms with Gasteiger partial charge in [0.25, 0.3) is 11.8 Å². The van der Waals surface area contributed by atoms with Crippen molar-refractivity contribution >= 4 is 28.4 Å². The van der Waals surface area contributed by atoms with Crippen LogP contribution in [-0.2, 0) is 0 Å². The first kappa shape index (κ1) is 17.5. The Balaban J connectivity index is 1.80. The molecular formula is C20H20N4O2. The molecule has 0 saturated heterocycles. The van der Waals surface area contributed by atoms with Crippen molar-refractivity contribution in [2.45, 2.75) is 13.8 Å². The van der Waals surface area contributed by atoms with Crippen LogP contribution in [0.15, 0.2) is 55.0 Å². The summed E-state index contributed by atoms with van der Waals surface area (Å²) in [7, 11) is 0. The molecule has 0 aliphatic rings. The van der Waals surface area contributed by atoms with Crippen LogP contribution in [0.1, 0.15) is 34.6 Å². The summed E-state index contributed by atoms with van der Waals surface area (Å²) >= 11 is 0. The Morgan fingerprint density at radius 1 is 1.04 bits per heavy atom. The van der Waals surface area contributed by atoms with Crippen LogP contribution in [0.25, 0.3) is 10.9 Å². The predicted octanol–water partition coefficient (Wildman–Crippen LogP) is 3.27. The molecule has 0 spiro atoms. The topological polar surface area (TPSA) is 84.0 Å². The second kappa shape index (κ2) is 7.74. The highest BCUT2D eigenvalue weighted by molar-refractivity contribution is 6.09. The minimum atomic E-state index is -0.339. The molecule has 26 heavy (non-hydrogen) atoms. The van der Waals surface area contributed by atoms with E-state index in [1.165, 1.54) is 18.5 Å². The quantitative estimate of drug-likeness (QED) is 0.741. The van der Waals surface area contributed by atoms with Gasteiger partial charge in [0.15, 0.2) is 0 Å². The zero-order valence-electron chi connectivity index (χ0n) is 14.7. The van der Waals surface area contributed by atoms with Crippen molar-refractivity contribution in [2.24, 2.45) is 5.92 Å². The molecule has 2 amide bonds. The summed E-state index contributed by atoms with van der Waals surface area (Å²) in [5.74, 6) is -0.237. The van der Waals surface area contributed by atoms with Crippen LogP contribution in [0.4, 0.5) is 5.69 Å². The van der Waals surface area contributed by atoms with Gasteiger partial charge in [-0.15, -0.1) is 0 Å². The number of hydrogen-bond donors (Lipinski definition) is 2. The summed E-state index contributed by atoms with van der Waals surface area (Å²) in [6.07, 6.45) is 4.57. The van der Waals surface area contributed by atoms with Crippen molar-refractivity contribution < 1.29 is 9.59 Å². The standard InChI is InChI=1S/C20H20N4O2/c1-13(2)10-23-19(25)15-9-16(12-21-11-15)20(26)24-17-7-3-5-14-6-4-8-22-18(14)17/h3-9,11-13H,10H2,1-2H3,(H,23,25)(H,24,26). The number of pyridine rings is 2. The molecule has 2 heterocycles. The molecule has 0 aliphatic heterocycles. The van der Waals surface area contributed by atoms with E-state index in [9.17, 15) is 9.59 Å². The third-order valence-electron chi connectivity index (χ3n) is 3.81. The van der Waals surface area contributed by atoms with Crippen LogP contribution < -0.4 is 10.6 Å². The van der Waals surface area contributed by atoms with Gasteiger partial charge in [0.1, 0.15) is 0 Å². The summed E-state index contributed by atoms with van der Waals surface area (Å²) in [5.41, 5.74) is 1.99. The monoisotopic (exact) mass is 348 g/mol. The van der Waals surface area contributed by atoms with E-state index < -0.39 is 0 Å². The van der Waals surface area contributed by atoms with Gasteiger partial charge in [0.2, 0.25) is 0 Å². The minimum absolute atomic E-state index is 0.243. The molecule has 0 radical (unpaired) electrons. The van der Waals surface area contributed by atoms with Crippen molar-refractivity contribution in [1.29, 1.82) is 0 Å². The molecular weight excluding hydrogens is 328 g/mol. The smallest absolute Gasteiger partial charge is 0.257 e. The number of anilines is 1. The van der Waals surface area contributed by atoms with Crippen LogP contribution >= 0.6 is 0 Å². The maximum absolute atomic E-state index is 12.6. The third-order valence-corrected chi connectivity index (χ3v) is 3.81. The highest BCUT2D eigenvalue weighted by atomic mass is 16.2. The number of nitrogens with one attached hydrogen (secondary N) is 2. The molecule has 0 bridgehead atoms. The highest BCUT2D eigenvalue weighted by Crippen LogP contribution is 2.21. The van der Waals surface area contributed by atoms with Gasteiger partial charge in [-0.1, -0.05) is 32.0 Å². The average molecular weight is 348 g/mol. The van der Waals surface area contributed by atoms with Gasteiger partial charge in [0, 0.05) is 30.5 Å². The fourth-order valence-electron chi connectivity index (χ4n) is 2.49. The Bertz CT molecular complexity index is 948.